The van der Waals surface area contributed by atoms with Crippen LogP contribution in [0.4, 0.5) is 0 Å². The Morgan fingerprint density at radius 3 is 2.29 bits per heavy atom. The lowest BCUT2D eigenvalue weighted by Crippen LogP contribution is -2.46. The zero-order chi connectivity index (χ0) is 13.6. The minimum atomic E-state index is -0.654. The summed E-state index contributed by atoms with van der Waals surface area (Å²) in [6.45, 7) is 5.61. The first-order valence-electron chi connectivity index (χ1n) is 5.55. The van der Waals surface area contributed by atoms with Gasteiger partial charge >= 0.3 is 0 Å². The Labute approximate surface area is 108 Å². The molecule has 2 amide bonds. The largest absolute Gasteiger partial charge is 0.393 e. The summed E-state index contributed by atoms with van der Waals surface area (Å²) >= 11 is 4.81. The van der Waals surface area contributed by atoms with Crippen molar-refractivity contribution < 1.29 is 9.59 Å². The summed E-state index contributed by atoms with van der Waals surface area (Å²) in [7, 11) is 1.57. The number of hydrogen-bond acceptors (Lipinski definition) is 3. The smallest absolute Gasteiger partial charge is 0.229 e. The number of carbonyl (C=O) groups is 2. The van der Waals surface area contributed by atoms with E-state index in [4.69, 9.17) is 18.0 Å². The van der Waals surface area contributed by atoms with Gasteiger partial charge in [0.1, 0.15) is 0 Å². The molecule has 1 atom stereocenters. The highest BCUT2D eigenvalue weighted by Gasteiger charge is 2.28. The maximum atomic E-state index is 11.8. The second-order valence-corrected chi connectivity index (χ2v) is 5.02. The molecular weight excluding hydrogens is 238 g/mol. The molecule has 0 saturated heterocycles. The van der Waals surface area contributed by atoms with Crippen molar-refractivity contribution in [1.82, 2.24) is 10.6 Å². The Bertz CT molecular complexity index is 316. The molecule has 98 valence electrons. The first-order valence-corrected chi connectivity index (χ1v) is 5.96. The second kappa shape index (κ2) is 6.54. The van der Waals surface area contributed by atoms with E-state index in [1.54, 1.807) is 20.9 Å². The van der Waals surface area contributed by atoms with Crippen LogP contribution in [-0.4, -0.2) is 30.4 Å². The third-order valence-corrected chi connectivity index (χ3v) is 2.90. The van der Waals surface area contributed by atoms with E-state index in [2.05, 4.69) is 10.6 Å². The summed E-state index contributed by atoms with van der Waals surface area (Å²) in [5, 5.41) is 5.26. The van der Waals surface area contributed by atoms with Gasteiger partial charge in [-0.15, -0.1) is 0 Å². The minimum Gasteiger partial charge on any atom is -0.393 e. The van der Waals surface area contributed by atoms with E-state index in [0.717, 1.165) is 0 Å². The average molecular weight is 259 g/mol. The number of nitrogens with two attached hydrogens (primary N) is 1. The normalized spacial score (nSPS) is 12.7. The lowest BCUT2D eigenvalue weighted by Gasteiger charge is -2.24. The van der Waals surface area contributed by atoms with Crippen molar-refractivity contribution in [3.8, 4) is 0 Å². The molecule has 0 aliphatic rings. The molecule has 0 aliphatic heterocycles. The van der Waals surface area contributed by atoms with Gasteiger partial charge in [0.2, 0.25) is 11.8 Å². The van der Waals surface area contributed by atoms with E-state index >= 15 is 0 Å². The van der Waals surface area contributed by atoms with Gasteiger partial charge in [-0.2, -0.15) is 0 Å². The molecule has 6 heteroatoms. The molecule has 0 heterocycles. The van der Waals surface area contributed by atoms with Gasteiger partial charge in [0.15, 0.2) is 0 Å². The molecule has 0 aliphatic carbocycles. The fraction of sp³-hybridized carbons (Fsp3) is 0.727. The van der Waals surface area contributed by atoms with E-state index in [-0.39, 0.29) is 23.3 Å². The average Bonchev–Trinajstić information content (AvgIpc) is 2.25. The number of amides is 2. The third kappa shape index (κ3) is 4.68. The van der Waals surface area contributed by atoms with Crippen molar-refractivity contribution in [2.45, 2.75) is 27.2 Å². The Morgan fingerprint density at radius 1 is 1.41 bits per heavy atom. The predicted molar refractivity (Wildman–Crippen MR) is 71.4 cm³/mol. The van der Waals surface area contributed by atoms with Gasteiger partial charge < -0.3 is 16.4 Å². The Balaban J connectivity index is 4.42. The first-order chi connectivity index (χ1) is 7.76. The summed E-state index contributed by atoms with van der Waals surface area (Å²) in [6, 6.07) is 0. The minimum absolute atomic E-state index is 0.124. The van der Waals surface area contributed by atoms with Crippen LogP contribution >= 0.6 is 12.2 Å². The molecule has 5 nitrogen and oxygen atoms in total. The summed E-state index contributed by atoms with van der Waals surface area (Å²) in [5.41, 5.74) is 4.81. The van der Waals surface area contributed by atoms with Crippen molar-refractivity contribution >= 4 is 29.0 Å². The molecule has 0 bridgehead atoms. The lowest BCUT2D eigenvalue weighted by molar-refractivity contribution is -0.129. The highest BCUT2D eigenvalue weighted by atomic mass is 32.1. The van der Waals surface area contributed by atoms with E-state index in [1.807, 2.05) is 6.92 Å². The van der Waals surface area contributed by atoms with Crippen LogP contribution in [0, 0.1) is 11.3 Å². The SMILES string of the molecule is CCC(C(=O)NCC(C)(C)C(=O)NC)C(N)=S. The number of hydrogen-bond donors (Lipinski definition) is 3. The summed E-state index contributed by atoms with van der Waals surface area (Å²) in [6.07, 6.45) is 0.557. The first kappa shape index (κ1) is 15.8. The van der Waals surface area contributed by atoms with Gasteiger partial charge in [-0.1, -0.05) is 19.1 Å². The molecule has 17 heavy (non-hydrogen) atoms. The molecule has 0 spiro atoms. The number of nitrogens with one attached hydrogen (secondary N) is 2. The van der Waals surface area contributed by atoms with Crippen LogP contribution in [0.2, 0.25) is 0 Å². The molecule has 0 aromatic rings. The van der Waals surface area contributed by atoms with Gasteiger partial charge in [-0.25, -0.2) is 0 Å². The van der Waals surface area contributed by atoms with E-state index in [9.17, 15) is 9.59 Å². The molecular formula is C11H21N3O2S. The fourth-order valence-electron chi connectivity index (χ4n) is 1.37. The molecule has 4 N–H and O–H groups in total. The van der Waals surface area contributed by atoms with Crippen LogP contribution in [-0.2, 0) is 9.59 Å². The lowest BCUT2D eigenvalue weighted by atomic mass is 9.92. The topological polar surface area (TPSA) is 84.2 Å². The fourth-order valence-corrected chi connectivity index (χ4v) is 1.64. The van der Waals surface area contributed by atoms with Gasteiger partial charge in [-0.05, 0) is 20.3 Å². The van der Waals surface area contributed by atoms with E-state index in [0.29, 0.717) is 6.42 Å². The van der Waals surface area contributed by atoms with Gasteiger partial charge in [0.25, 0.3) is 0 Å². The highest BCUT2D eigenvalue weighted by molar-refractivity contribution is 7.80. The van der Waals surface area contributed by atoms with Crippen LogP contribution in [0.3, 0.4) is 0 Å². The Hall–Kier alpha value is -1.17. The molecule has 0 rings (SSSR count). The van der Waals surface area contributed by atoms with Crippen LogP contribution in [0.25, 0.3) is 0 Å². The standard InChI is InChI=1S/C11H21N3O2S/c1-5-7(8(12)17)9(15)14-6-11(2,3)10(16)13-4/h7H,5-6H2,1-4H3,(H2,12,17)(H,13,16)(H,14,15). The predicted octanol–water partition coefficient (Wildman–Crippen LogP) is 0.187. The molecule has 0 saturated carbocycles. The van der Waals surface area contributed by atoms with Crippen LogP contribution in [0.5, 0.6) is 0 Å². The number of thiocarbonyl (C=S) groups is 1. The summed E-state index contributed by atoms with van der Waals surface area (Å²) in [5.74, 6) is -0.816. The van der Waals surface area contributed by atoms with Crippen LogP contribution in [0.1, 0.15) is 27.2 Å². The molecule has 0 radical (unpaired) electrons. The monoisotopic (exact) mass is 259 g/mol. The van der Waals surface area contributed by atoms with E-state index < -0.39 is 11.3 Å². The van der Waals surface area contributed by atoms with Crippen molar-refractivity contribution in [2.24, 2.45) is 17.1 Å². The molecule has 0 fully saturated rings. The Kier molecular flexibility index (Phi) is 6.09. The van der Waals surface area contributed by atoms with Crippen molar-refractivity contribution in [3.05, 3.63) is 0 Å². The highest BCUT2D eigenvalue weighted by Crippen LogP contribution is 2.14. The quantitative estimate of drug-likeness (QED) is 0.594. The second-order valence-electron chi connectivity index (χ2n) is 4.54. The van der Waals surface area contributed by atoms with Crippen molar-refractivity contribution in [3.63, 3.8) is 0 Å². The number of carbonyl (C=O) groups excluding carboxylic acids is 2. The molecule has 0 aromatic carbocycles. The number of rotatable bonds is 6. The third-order valence-electron chi connectivity index (χ3n) is 2.61. The van der Waals surface area contributed by atoms with Gasteiger partial charge in [0, 0.05) is 13.6 Å². The maximum absolute atomic E-state index is 11.8. The summed E-state index contributed by atoms with van der Waals surface area (Å²) in [4.78, 5) is 23.5. The Morgan fingerprint density at radius 2 is 1.94 bits per heavy atom. The van der Waals surface area contributed by atoms with E-state index in [1.165, 1.54) is 0 Å². The van der Waals surface area contributed by atoms with Crippen molar-refractivity contribution in [2.75, 3.05) is 13.6 Å². The van der Waals surface area contributed by atoms with Crippen LogP contribution in [0.15, 0.2) is 0 Å². The van der Waals surface area contributed by atoms with Crippen molar-refractivity contribution in [1.29, 1.82) is 0 Å². The van der Waals surface area contributed by atoms with Gasteiger partial charge in [-0.3, -0.25) is 9.59 Å². The zero-order valence-electron chi connectivity index (χ0n) is 10.8. The molecule has 1 unspecified atom stereocenters. The van der Waals surface area contributed by atoms with Crippen LogP contribution < -0.4 is 16.4 Å². The maximum Gasteiger partial charge on any atom is 0.229 e. The summed E-state index contributed by atoms with van der Waals surface area (Å²) < 4.78 is 0. The van der Waals surface area contributed by atoms with Gasteiger partial charge in [0.05, 0.1) is 16.3 Å². The molecule has 0 aromatic heterocycles. The zero-order valence-corrected chi connectivity index (χ0v) is 11.6.